The maximum absolute atomic E-state index is 2.46. The first-order valence-electron chi connectivity index (χ1n) is 21.4. The van der Waals surface area contributed by atoms with Crippen LogP contribution in [0, 0.1) is 0 Å². The van der Waals surface area contributed by atoms with E-state index in [0.717, 1.165) is 11.4 Å². The maximum Gasteiger partial charge on any atom is 0.0548 e. The number of fused-ring (bicyclic) bond motifs is 13. The van der Waals surface area contributed by atoms with E-state index in [-0.39, 0.29) is 0 Å². The Labute approximate surface area is 358 Å². The number of aromatic nitrogens is 2. The fourth-order valence-electron chi connectivity index (χ4n) is 10.3. The van der Waals surface area contributed by atoms with Gasteiger partial charge in [-0.15, -0.1) is 0 Å². The van der Waals surface area contributed by atoms with Gasteiger partial charge in [0, 0.05) is 32.9 Å². The Morgan fingerprint density at radius 1 is 0.194 bits per heavy atom. The van der Waals surface area contributed by atoms with Gasteiger partial charge in [0.05, 0.1) is 22.1 Å². The SMILES string of the molecule is c1ccc(-c2ccc(-c3ccc(-n4c5ccccc5c5c6c7ccccc7n(-c7cccc(-c8ccc9c%10ccccc%10c%10ccccc%10c9c8)c7)c6ccc54)cc3)cc2)cc1. The third-order valence-corrected chi connectivity index (χ3v) is 13.1. The molecule has 0 saturated carbocycles. The molecule has 0 atom stereocenters. The molecule has 13 rings (SSSR count). The molecule has 0 unspecified atom stereocenters. The average Bonchev–Trinajstić information content (AvgIpc) is 3.87. The lowest BCUT2D eigenvalue weighted by atomic mass is 9.92. The predicted octanol–water partition coefficient (Wildman–Crippen LogP) is 16.3. The molecule has 0 saturated heterocycles. The molecule has 2 heterocycles. The van der Waals surface area contributed by atoms with Gasteiger partial charge in [-0.25, -0.2) is 0 Å². The van der Waals surface area contributed by atoms with Gasteiger partial charge in [0.25, 0.3) is 0 Å². The van der Waals surface area contributed by atoms with E-state index in [1.807, 2.05) is 0 Å². The third-order valence-electron chi connectivity index (χ3n) is 13.1. The lowest BCUT2D eigenvalue weighted by molar-refractivity contribution is 1.17. The molecule has 0 aliphatic rings. The van der Waals surface area contributed by atoms with Crippen LogP contribution in [0.15, 0.2) is 231 Å². The number of hydrogen-bond acceptors (Lipinski definition) is 0. The zero-order valence-corrected chi connectivity index (χ0v) is 33.8. The molecular weight excluding hydrogens is 749 g/mol. The molecular formula is C60H38N2. The first-order chi connectivity index (χ1) is 30.8. The van der Waals surface area contributed by atoms with Gasteiger partial charge in [-0.05, 0) is 120 Å². The number of nitrogens with zero attached hydrogens (tertiary/aromatic N) is 2. The van der Waals surface area contributed by atoms with E-state index >= 15 is 0 Å². The smallest absolute Gasteiger partial charge is 0.0548 e. The van der Waals surface area contributed by atoms with Crippen molar-refractivity contribution in [1.82, 2.24) is 9.13 Å². The first-order valence-corrected chi connectivity index (χ1v) is 21.4. The molecule has 0 spiro atoms. The normalized spacial score (nSPS) is 11.9. The second kappa shape index (κ2) is 13.7. The highest BCUT2D eigenvalue weighted by Crippen LogP contribution is 2.43. The van der Waals surface area contributed by atoms with Gasteiger partial charge in [0.15, 0.2) is 0 Å². The van der Waals surface area contributed by atoms with Gasteiger partial charge in [-0.3, -0.25) is 0 Å². The van der Waals surface area contributed by atoms with E-state index in [0.29, 0.717) is 0 Å². The molecule has 0 aliphatic heterocycles. The largest absolute Gasteiger partial charge is 0.309 e. The minimum atomic E-state index is 1.15. The van der Waals surface area contributed by atoms with Gasteiger partial charge in [0.2, 0.25) is 0 Å². The minimum Gasteiger partial charge on any atom is -0.309 e. The quantitative estimate of drug-likeness (QED) is 0.154. The molecule has 62 heavy (non-hydrogen) atoms. The molecule has 0 radical (unpaired) electrons. The van der Waals surface area contributed by atoms with Crippen LogP contribution in [0.1, 0.15) is 0 Å². The fraction of sp³-hybridized carbons (Fsp3) is 0. The highest BCUT2D eigenvalue weighted by Gasteiger charge is 2.21. The predicted molar refractivity (Wildman–Crippen MR) is 264 cm³/mol. The highest BCUT2D eigenvalue weighted by molar-refractivity contribution is 6.29. The van der Waals surface area contributed by atoms with E-state index in [2.05, 4.69) is 240 Å². The van der Waals surface area contributed by atoms with Crippen molar-refractivity contribution in [3.05, 3.63) is 231 Å². The summed E-state index contributed by atoms with van der Waals surface area (Å²) in [5.41, 5.74) is 14.4. The van der Waals surface area contributed by atoms with Gasteiger partial charge >= 0.3 is 0 Å². The monoisotopic (exact) mass is 786 g/mol. The first kappa shape index (κ1) is 34.6. The molecule has 2 nitrogen and oxygen atoms in total. The molecule has 0 fully saturated rings. The average molecular weight is 787 g/mol. The molecule has 2 heteroatoms. The Hall–Kier alpha value is -8.20. The second-order valence-corrected chi connectivity index (χ2v) is 16.5. The van der Waals surface area contributed by atoms with Crippen molar-refractivity contribution in [2.45, 2.75) is 0 Å². The highest BCUT2D eigenvalue weighted by atomic mass is 15.0. The summed E-state index contributed by atoms with van der Waals surface area (Å²) in [4.78, 5) is 0. The van der Waals surface area contributed by atoms with E-state index in [1.54, 1.807) is 0 Å². The minimum absolute atomic E-state index is 1.15. The van der Waals surface area contributed by atoms with Crippen molar-refractivity contribution in [2.24, 2.45) is 0 Å². The molecule has 0 aliphatic carbocycles. The molecule has 288 valence electrons. The number of benzene rings is 11. The summed E-state index contributed by atoms with van der Waals surface area (Å²) in [5.74, 6) is 0. The van der Waals surface area contributed by atoms with Crippen molar-refractivity contribution in [3.63, 3.8) is 0 Å². The standard InChI is InChI=1S/C60H38N2/c1-2-13-39(14-3-1)40-25-27-41(28-26-40)42-29-32-45(33-30-42)61-55-23-10-8-21-52(55)59-57(61)35-36-58-60(59)53-22-9-11-24-56(53)62(58)46-16-12-15-43(37-46)44-31-34-51-49-19-5-4-17-47(49)48-18-6-7-20-50(48)54(51)38-44/h1-38H. The summed E-state index contributed by atoms with van der Waals surface area (Å²) < 4.78 is 4.90. The topological polar surface area (TPSA) is 9.86 Å². The molecule has 2 aromatic heterocycles. The van der Waals surface area contributed by atoms with Gasteiger partial charge in [-0.2, -0.15) is 0 Å². The van der Waals surface area contributed by atoms with Crippen LogP contribution < -0.4 is 0 Å². The summed E-state index contributed by atoms with van der Waals surface area (Å²) in [6.07, 6.45) is 0. The van der Waals surface area contributed by atoms with Crippen LogP contribution in [0.5, 0.6) is 0 Å². The van der Waals surface area contributed by atoms with Gasteiger partial charge in [-0.1, -0.05) is 176 Å². The number of para-hydroxylation sites is 2. The lowest BCUT2D eigenvalue weighted by Gasteiger charge is -2.13. The van der Waals surface area contributed by atoms with Crippen molar-refractivity contribution in [1.29, 1.82) is 0 Å². The molecule has 0 bridgehead atoms. The Morgan fingerprint density at radius 3 is 1.15 bits per heavy atom. The summed E-state index contributed by atoms with van der Waals surface area (Å²) in [5, 5.41) is 12.8. The van der Waals surface area contributed by atoms with Crippen LogP contribution >= 0.6 is 0 Å². The van der Waals surface area contributed by atoms with Crippen molar-refractivity contribution in [3.8, 4) is 44.8 Å². The summed E-state index contributed by atoms with van der Waals surface area (Å²) in [6.45, 7) is 0. The van der Waals surface area contributed by atoms with Crippen molar-refractivity contribution < 1.29 is 0 Å². The number of rotatable bonds is 5. The molecule has 13 aromatic rings. The summed E-state index contributed by atoms with van der Waals surface area (Å²) in [7, 11) is 0. The van der Waals surface area contributed by atoms with E-state index in [9.17, 15) is 0 Å². The van der Waals surface area contributed by atoms with Crippen LogP contribution in [0.4, 0.5) is 0 Å². The lowest BCUT2D eigenvalue weighted by Crippen LogP contribution is -1.95. The van der Waals surface area contributed by atoms with Crippen LogP contribution in [0.25, 0.3) is 121 Å². The van der Waals surface area contributed by atoms with Crippen LogP contribution in [0.3, 0.4) is 0 Å². The van der Waals surface area contributed by atoms with Crippen LogP contribution in [-0.2, 0) is 0 Å². The maximum atomic E-state index is 2.46. The van der Waals surface area contributed by atoms with Crippen LogP contribution in [0.2, 0.25) is 0 Å². The summed E-state index contributed by atoms with van der Waals surface area (Å²) >= 11 is 0. The zero-order chi connectivity index (χ0) is 40.7. The Bertz CT molecular complexity index is 3850. The van der Waals surface area contributed by atoms with Crippen molar-refractivity contribution >= 4 is 75.9 Å². The third kappa shape index (κ3) is 5.23. The van der Waals surface area contributed by atoms with Crippen LogP contribution in [-0.4, -0.2) is 9.13 Å². The molecule has 11 aromatic carbocycles. The van der Waals surface area contributed by atoms with E-state index in [1.165, 1.54) is 109 Å². The Kier molecular flexibility index (Phi) is 7.64. The fourth-order valence-corrected chi connectivity index (χ4v) is 10.3. The van der Waals surface area contributed by atoms with E-state index < -0.39 is 0 Å². The van der Waals surface area contributed by atoms with Gasteiger partial charge < -0.3 is 9.13 Å². The van der Waals surface area contributed by atoms with E-state index in [4.69, 9.17) is 0 Å². The molecule has 0 amide bonds. The second-order valence-electron chi connectivity index (χ2n) is 16.5. The van der Waals surface area contributed by atoms with Gasteiger partial charge in [0.1, 0.15) is 0 Å². The molecule has 0 N–H and O–H groups in total. The summed E-state index contributed by atoms with van der Waals surface area (Å²) in [6, 6.07) is 84.6. The zero-order valence-electron chi connectivity index (χ0n) is 33.8. The Balaban J connectivity index is 0.952. The Morgan fingerprint density at radius 2 is 0.581 bits per heavy atom. The number of hydrogen-bond donors (Lipinski definition) is 0. The van der Waals surface area contributed by atoms with Crippen molar-refractivity contribution in [2.75, 3.05) is 0 Å².